The van der Waals surface area contributed by atoms with Crippen molar-refractivity contribution in [2.75, 3.05) is 38.6 Å². The van der Waals surface area contributed by atoms with Gasteiger partial charge in [-0.2, -0.15) is 5.26 Å². The minimum atomic E-state index is -0.664. The lowest BCUT2D eigenvalue weighted by molar-refractivity contribution is 0.00557. The summed E-state index contributed by atoms with van der Waals surface area (Å²) in [5.41, 5.74) is 2.63. The quantitative estimate of drug-likeness (QED) is 0.181. The van der Waals surface area contributed by atoms with Crippen LogP contribution in [0.4, 0.5) is 15.0 Å². The standard InChI is InChI=1S/C36H38Cl2FN9O2/c1-35(2,3)50-34(49)47-15-12-21(16-20(47)11-13-40)48-32-24-17-25(37)27(23-9-10-26(39)22-8-7-14-41-29(22)23)28(38)30(24)42-33(31(32)43-44-48)46-18-36(4,19-46)45(5)6/h7-10,14,17,20-21H,11-12,15-16,18-19H2,1-6H3/t20-,21+/m1/s1. The van der Waals surface area contributed by atoms with Crippen LogP contribution in [0.25, 0.3) is 44.0 Å². The molecule has 260 valence electrons. The Hall–Kier alpha value is -4.31. The fourth-order valence-corrected chi connectivity index (χ4v) is 7.84. The molecule has 0 bridgehead atoms. The largest absolute Gasteiger partial charge is 0.444 e. The van der Waals surface area contributed by atoms with Crippen LogP contribution in [0, 0.1) is 17.1 Å². The van der Waals surface area contributed by atoms with E-state index in [1.54, 1.807) is 29.3 Å². The zero-order valence-electron chi connectivity index (χ0n) is 28.8. The van der Waals surface area contributed by atoms with E-state index in [-0.39, 0.29) is 24.0 Å². The predicted octanol–water partition coefficient (Wildman–Crippen LogP) is 7.64. The molecule has 0 N–H and O–H groups in total. The fraction of sp³-hybridized carbons (Fsp3) is 0.444. The van der Waals surface area contributed by atoms with Crippen LogP contribution in [0.15, 0.2) is 36.5 Å². The molecule has 1 amide bonds. The Morgan fingerprint density at radius 2 is 1.92 bits per heavy atom. The summed E-state index contributed by atoms with van der Waals surface area (Å²) in [6.07, 6.45) is 2.35. The van der Waals surface area contributed by atoms with Crippen LogP contribution in [-0.4, -0.2) is 91.8 Å². The summed E-state index contributed by atoms with van der Waals surface area (Å²) in [6, 6.07) is 9.88. The third-order valence-electron chi connectivity index (χ3n) is 9.99. The van der Waals surface area contributed by atoms with Gasteiger partial charge in [0, 0.05) is 47.7 Å². The number of anilines is 1. The van der Waals surface area contributed by atoms with E-state index in [0.29, 0.717) is 92.3 Å². The molecule has 5 heterocycles. The second kappa shape index (κ2) is 12.5. The number of aromatic nitrogens is 5. The Labute approximate surface area is 299 Å². The molecule has 14 heteroatoms. The minimum Gasteiger partial charge on any atom is -0.444 e. The van der Waals surface area contributed by atoms with E-state index in [1.807, 2.05) is 31.5 Å². The first-order valence-electron chi connectivity index (χ1n) is 16.6. The van der Waals surface area contributed by atoms with Crippen LogP contribution >= 0.6 is 23.2 Å². The molecule has 5 aromatic rings. The van der Waals surface area contributed by atoms with Gasteiger partial charge in [-0.1, -0.05) is 28.4 Å². The van der Waals surface area contributed by atoms with Gasteiger partial charge < -0.3 is 19.4 Å². The molecule has 7 rings (SSSR count). The summed E-state index contributed by atoms with van der Waals surface area (Å²) in [7, 11) is 4.12. The van der Waals surface area contributed by atoms with Crippen LogP contribution in [0.2, 0.25) is 10.0 Å². The molecular formula is C36H38Cl2FN9O2. The Balaban J connectivity index is 1.39. The number of pyridine rings is 2. The summed E-state index contributed by atoms with van der Waals surface area (Å²) < 4.78 is 22.4. The Kier molecular flexibility index (Phi) is 8.52. The maximum Gasteiger partial charge on any atom is 0.410 e. The number of nitriles is 1. The number of nitrogens with zero attached hydrogens (tertiary/aromatic N) is 9. The van der Waals surface area contributed by atoms with Gasteiger partial charge in [0.25, 0.3) is 0 Å². The fourth-order valence-electron chi connectivity index (χ4n) is 7.14. The molecule has 0 radical (unpaired) electrons. The molecule has 2 aliphatic rings. The van der Waals surface area contributed by atoms with Crippen molar-refractivity contribution in [2.45, 2.75) is 70.2 Å². The van der Waals surface area contributed by atoms with Gasteiger partial charge in [0.05, 0.1) is 51.2 Å². The SMILES string of the molecule is CN(C)C1(C)CN(c2nc3c(Cl)c(-c4ccc(F)c5cccnc45)c(Cl)cc3c3c2nnn3[C@H]2CCN(C(=O)OC(C)(C)C)[C@H](CC#N)C2)C1. The molecule has 0 spiro atoms. The van der Waals surface area contributed by atoms with Gasteiger partial charge in [0.15, 0.2) is 11.3 Å². The second-order valence-corrected chi connectivity index (χ2v) is 15.5. The molecule has 50 heavy (non-hydrogen) atoms. The number of benzene rings is 2. The van der Waals surface area contributed by atoms with Gasteiger partial charge >= 0.3 is 6.09 Å². The summed E-state index contributed by atoms with van der Waals surface area (Å²) in [6.45, 7) is 9.48. The third kappa shape index (κ3) is 5.75. The number of amides is 1. The van der Waals surface area contributed by atoms with Crippen molar-refractivity contribution in [2.24, 2.45) is 0 Å². The highest BCUT2D eigenvalue weighted by Gasteiger charge is 2.43. The highest BCUT2D eigenvalue weighted by molar-refractivity contribution is 6.44. The normalized spacial score (nSPS) is 19.3. The zero-order chi connectivity index (χ0) is 35.7. The molecule has 0 saturated carbocycles. The molecule has 2 fully saturated rings. The van der Waals surface area contributed by atoms with Crippen LogP contribution in [-0.2, 0) is 4.74 Å². The van der Waals surface area contributed by atoms with Gasteiger partial charge in [-0.25, -0.2) is 18.9 Å². The van der Waals surface area contributed by atoms with E-state index in [4.69, 9.17) is 43.2 Å². The Morgan fingerprint density at radius 1 is 1.16 bits per heavy atom. The van der Waals surface area contributed by atoms with Crippen molar-refractivity contribution in [3.8, 4) is 17.2 Å². The van der Waals surface area contributed by atoms with Crippen LogP contribution in [0.5, 0.6) is 0 Å². The van der Waals surface area contributed by atoms with Crippen molar-refractivity contribution in [1.82, 2.24) is 34.8 Å². The molecule has 3 aromatic heterocycles. The average Bonchev–Trinajstić information content (AvgIpc) is 3.49. The van der Waals surface area contributed by atoms with Gasteiger partial charge in [-0.3, -0.25) is 4.98 Å². The Bertz CT molecular complexity index is 2200. The van der Waals surface area contributed by atoms with Crippen molar-refractivity contribution in [3.05, 3.63) is 52.4 Å². The maximum atomic E-state index is 14.8. The van der Waals surface area contributed by atoms with Crippen molar-refractivity contribution in [1.29, 1.82) is 5.26 Å². The second-order valence-electron chi connectivity index (χ2n) is 14.7. The average molecular weight is 719 g/mol. The van der Waals surface area contributed by atoms with Crippen molar-refractivity contribution >= 4 is 68.0 Å². The number of ether oxygens (including phenoxy) is 1. The third-order valence-corrected chi connectivity index (χ3v) is 10.7. The zero-order valence-corrected chi connectivity index (χ0v) is 30.3. The summed E-state index contributed by atoms with van der Waals surface area (Å²) >= 11 is 14.4. The number of hydrogen-bond acceptors (Lipinski definition) is 9. The van der Waals surface area contributed by atoms with E-state index in [1.165, 1.54) is 6.07 Å². The molecule has 2 saturated heterocycles. The molecular weight excluding hydrogens is 680 g/mol. The molecule has 0 unspecified atom stereocenters. The molecule has 0 aliphatic carbocycles. The number of likely N-dealkylation sites (N-methyl/N-ethyl adjacent to an activating group) is 1. The van der Waals surface area contributed by atoms with Crippen LogP contribution in [0.3, 0.4) is 0 Å². The number of fused-ring (bicyclic) bond motifs is 4. The lowest BCUT2D eigenvalue weighted by Gasteiger charge is -2.52. The number of likely N-dealkylation sites (tertiary alicyclic amines) is 1. The van der Waals surface area contributed by atoms with Crippen LogP contribution in [0.1, 0.15) is 53.0 Å². The smallest absolute Gasteiger partial charge is 0.410 e. The first kappa shape index (κ1) is 34.2. The summed E-state index contributed by atoms with van der Waals surface area (Å²) in [4.78, 5) is 28.8. The number of carbonyl (C=O) groups is 1. The van der Waals surface area contributed by atoms with Crippen LogP contribution < -0.4 is 4.90 Å². The van der Waals surface area contributed by atoms with Gasteiger partial charge in [-0.15, -0.1) is 5.10 Å². The van der Waals surface area contributed by atoms with E-state index >= 15 is 0 Å². The first-order chi connectivity index (χ1) is 23.7. The van der Waals surface area contributed by atoms with E-state index in [0.717, 1.165) is 0 Å². The highest BCUT2D eigenvalue weighted by Crippen LogP contribution is 2.46. The maximum absolute atomic E-state index is 14.8. The molecule has 2 aromatic carbocycles. The lowest BCUT2D eigenvalue weighted by Crippen LogP contribution is -2.67. The van der Waals surface area contributed by atoms with E-state index < -0.39 is 17.5 Å². The predicted molar refractivity (Wildman–Crippen MR) is 193 cm³/mol. The number of piperidine rings is 1. The number of halogens is 3. The summed E-state index contributed by atoms with van der Waals surface area (Å²) in [5, 5.41) is 20.8. The first-order valence-corrected chi connectivity index (χ1v) is 17.4. The lowest BCUT2D eigenvalue weighted by atomic mass is 9.90. The number of hydrogen-bond donors (Lipinski definition) is 0. The molecule has 11 nitrogen and oxygen atoms in total. The van der Waals surface area contributed by atoms with Gasteiger partial charge in [-0.05, 0) is 85.0 Å². The molecule has 2 aliphatic heterocycles. The van der Waals surface area contributed by atoms with Crippen molar-refractivity contribution in [3.63, 3.8) is 0 Å². The Morgan fingerprint density at radius 3 is 2.62 bits per heavy atom. The van der Waals surface area contributed by atoms with Crippen molar-refractivity contribution < 1.29 is 13.9 Å². The van der Waals surface area contributed by atoms with E-state index in [2.05, 4.69) is 41.9 Å². The highest BCUT2D eigenvalue weighted by atomic mass is 35.5. The molecule has 2 atom stereocenters. The van der Waals surface area contributed by atoms with Gasteiger partial charge in [0.2, 0.25) is 0 Å². The number of carbonyl (C=O) groups excluding carboxylic acids is 1. The minimum absolute atomic E-state index is 0.0639. The van der Waals surface area contributed by atoms with E-state index in [9.17, 15) is 14.4 Å². The summed E-state index contributed by atoms with van der Waals surface area (Å²) in [5.74, 6) is 0.256. The number of rotatable bonds is 5. The topological polar surface area (TPSA) is 116 Å². The van der Waals surface area contributed by atoms with Gasteiger partial charge in [0.1, 0.15) is 16.9 Å². The monoisotopic (exact) mass is 717 g/mol.